The van der Waals surface area contributed by atoms with Crippen molar-refractivity contribution < 1.29 is 26.7 Å². The van der Waals surface area contributed by atoms with Crippen LogP contribution in [0.2, 0.25) is 0 Å². The minimum atomic E-state index is -5.59. The molecule has 0 saturated carbocycles. The van der Waals surface area contributed by atoms with Crippen molar-refractivity contribution in [3.05, 3.63) is 29.8 Å². The second-order valence-electron chi connectivity index (χ2n) is 3.41. The molecule has 7 heteroatoms. The number of para-hydroxylation sites is 1. The van der Waals surface area contributed by atoms with E-state index in [0.29, 0.717) is 0 Å². The van der Waals surface area contributed by atoms with Gasteiger partial charge in [0.2, 0.25) is 0 Å². The summed E-state index contributed by atoms with van der Waals surface area (Å²) < 4.78 is 65.4. The van der Waals surface area contributed by atoms with Crippen molar-refractivity contribution in [2.75, 3.05) is 6.61 Å². The molecule has 0 amide bonds. The zero-order valence-electron chi connectivity index (χ0n) is 8.97. The van der Waals surface area contributed by atoms with Crippen LogP contribution in [0.25, 0.3) is 0 Å². The van der Waals surface area contributed by atoms with Gasteiger partial charge in [-0.1, -0.05) is 12.1 Å². The Bertz CT molecular complexity index is 449. The Morgan fingerprint density at radius 2 is 1.72 bits per heavy atom. The number of rotatable bonds is 4. The van der Waals surface area contributed by atoms with Crippen molar-refractivity contribution in [2.24, 2.45) is 0 Å². The van der Waals surface area contributed by atoms with Crippen LogP contribution < -0.4 is 4.74 Å². The number of alkyl halides is 5. The first-order chi connectivity index (χ1) is 8.28. The van der Waals surface area contributed by atoms with E-state index >= 15 is 0 Å². The molecule has 0 atom stereocenters. The molecule has 0 spiro atoms. The lowest BCUT2D eigenvalue weighted by Gasteiger charge is -2.19. The smallest absolute Gasteiger partial charge is 0.453 e. The normalized spacial score (nSPS) is 12.0. The van der Waals surface area contributed by atoms with Crippen LogP contribution in [0, 0.1) is 11.3 Å². The van der Waals surface area contributed by atoms with E-state index < -0.39 is 25.1 Å². The predicted molar refractivity (Wildman–Crippen MR) is 52.3 cm³/mol. The van der Waals surface area contributed by atoms with Gasteiger partial charge in [0.05, 0.1) is 18.6 Å². The van der Waals surface area contributed by atoms with Gasteiger partial charge in [0.25, 0.3) is 0 Å². The van der Waals surface area contributed by atoms with Gasteiger partial charge in [-0.3, -0.25) is 0 Å². The third-order valence-electron chi connectivity index (χ3n) is 2.10. The van der Waals surface area contributed by atoms with Gasteiger partial charge in [-0.25, -0.2) is 0 Å². The molecule has 18 heavy (non-hydrogen) atoms. The van der Waals surface area contributed by atoms with E-state index in [4.69, 9.17) is 10.00 Å². The first-order valence-corrected chi connectivity index (χ1v) is 4.84. The quantitative estimate of drug-likeness (QED) is 0.780. The lowest BCUT2D eigenvalue weighted by Crippen LogP contribution is -2.37. The molecule has 1 aromatic carbocycles. The van der Waals surface area contributed by atoms with E-state index in [1.54, 1.807) is 6.07 Å². The highest BCUT2D eigenvalue weighted by atomic mass is 19.4. The summed E-state index contributed by atoms with van der Waals surface area (Å²) in [5.74, 6) is -4.81. The molecule has 0 fully saturated rings. The average molecular weight is 265 g/mol. The number of ether oxygens (including phenoxy) is 1. The van der Waals surface area contributed by atoms with Crippen molar-refractivity contribution in [3.63, 3.8) is 0 Å². The Morgan fingerprint density at radius 3 is 2.28 bits per heavy atom. The lowest BCUT2D eigenvalue weighted by atomic mass is 10.2. The van der Waals surface area contributed by atoms with Crippen LogP contribution in [0.5, 0.6) is 5.75 Å². The topological polar surface area (TPSA) is 33.0 Å². The van der Waals surface area contributed by atoms with Gasteiger partial charge in [-0.2, -0.15) is 27.2 Å². The number of nitriles is 1. The highest BCUT2D eigenvalue weighted by Crippen LogP contribution is 2.38. The molecule has 0 aliphatic rings. The van der Waals surface area contributed by atoms with Gasteiger partial charge in [-0.15, -0.1) is 0 Å². The number of nitrogens with zero attached hydrogens (tertiary/aromatic N) is 1. The number of benzene rings is 1. The van der Waals surface area contributed by atoms with E-state index in [2.05, 4.69) is 0 Å². The van der Waals surface area contributed by atoms with Crippen molar-refractivity contribution >= 4 is 0 Å². The van der Waals surface area contributed by atoms with Gasteiger partial charge in [0.1, 0.15) is 11.8 Å². The molecule has 0 aliphatic carbocycles. The molecule has 0 unspecified atom stereocenters. The Hall–Kier alpha value is -1.84. The van der Waals surface area contributed by atoms with Crippen molar-refractivity contribution in [1.29, 1.82) is 5.26 Å². The van der Waals surface area contributed by atoms with E-state index in [-0.39, 0.29) is 11.3 Å². The van der Waals surface area contributed by atoms with Crippen LogP contribution in [0.15, 0.2) is 24.3 Å². The summed E-state index contributed by atoms with van der Waals surface area (Å²) in [5, 5.41) is 8.65. The highest BCUT2D eigenvalue weighted by Gasteiger charge is 2.56. The molecular formula is C11H8F5NO. The monoisotopic (exact) mass is 265 g/mol. The molecule has 98 valence electrons. The summed E-state index contributed by atoms with van der Waals surface area (Å²) in [7, 11) is 0. The predicted octanol–water partition coefficient (Wildman–Crippen LogP) is 3.52. The van der Waals surface area contributed by atoms with E-state index in [0.717, 1.165) is 0 Å². The fourth-order valence-electron chi connectivity index (χ4n) is 1.12. The van der Waals surface area contributed by atoms with E-state index in [9.17, 15) is 22.0 Å². The van der Waals surface area contributed by atoms with Crippen molar-refractivity contribution in [3.8, 4) is 11.8 Å². The first kappa shape index (κ1) is 14.2. The van der Waals surface area contributed by atoms with Gasteiger partial charge < -0.3 is 4.74 Å². The van der Waals surface area contributed by atoms with Crippen LogP contribution >= 0.6 is 0 Å². The lowest BCUT2D eigenvalue weighted by molar-refractivity contribution is -0.285. The SMILES string of the molecule is N#Cc1ccccc1OCCC(F)(F)C(F)(F)F. The van der Waals surface area contributed by atoms with Crippen LogP contribution in [0.3, 0.4) is 0 Å². The van der Waals surface area contributed by atoms with Crippen molar-refractivity contribution in [1.82, 2.24) is 0 Å². The largest absolute Gasteiger partial charge is 0.492 e. The van der Waals surface area contributed by atoms with Crippen LogP contribution in [-0.4, -0.2) is 18.7 Å². The molecule has 2 nitrogen and oxygen atoms in total. The third-order valence-corrected chi connectivity index (χ3v) is 2.10. The fraction of sp³-hybridized carbons (Fsp3) is 0.364. The maximum absolute atomic E-state index is 12.5. The summed E-state index contributed by atoms with van der Waals surface area (Å²) >= 11 is 0. The van der Waals surface area contributed by atoms with Gasteiger partial charge in [0, 0.05) is 0 Å². The summed E-state index contributed by atoms with van der Waals surface area (Å²) in [6, 6.07) is 7.44. The number of hydrogen-bond donors (Lipinski definition) is 0. The van der Waals surface area contributed by atoms with Crippen molar-refractivity contribution in [2.45, 2.75) is 18.5 Å². The second-order valence-corrected chi connectivity index (χ2v) is 3.41. The molecular weight excluding hydrogens is 257 g/mol. The molecule has 1 aromatic rings. The van der Waals surface area contributed by atoms with E-state index in [1.165, 1.54) is 24.3 Å². The van der Waals surface area contributed by atoms with E-state index in [1.807, 2.05) is 0 Å². The maximum Gasteiger partial charge on any atom is 0.453 e. The Morgan fingerprint density at radius 1 is 1.11 bits per heavy atom. The Kier molecular flexibility index (Phi) is 4.11. The number of halogens is 5. The summed E-state index contributed by atoms with van der Waals surface area (Å²) in [6.07, 6.45) is -7.08. The van der Waals surface area contributed by atoms with Gasteiger partial charge >= 0.3 is 12.1 Å². The average Bonchev–Trinajstić information content (AvgIpc) is 2.28. The molecule has 0 aliphatic heterocycles. The van der Waals surface area contributed by atoms with Crippen LogP contribution in [-0.2, 0) is 0 Å². The molecule has 0 bridgehead atoms. The Balaban J connectivity index is 2.60. The first-order valence-electron chi connectivity index (χ1n) is 4.84. The molecule has 0 aromatic heterocycles. The minimum Gasteiger partial charge on any atom is -0.492 e. The minimum absolute atomic E-state index is 0.0158. The summed E-state index contributed by atoms with van der Waals surface area (Å²) in [4.78, 5) is 0. The van der Waals surface area contributed by atoms with Crippen LogP contribution in [0.1, 0.15) is 12.0 Å². The molecule has 1 rings (SSSR count). The summed E-state index contributed by atoms with van der Waals surface area (Å²) in [5.41, 5.74) is 0.0767. The molecule has 0 radical (unpaired) electrons. The molecule has 0 saturated heterocycles. The zero-order valence-corrected chi connectivity index (χ0v) is 8.97. The third kappa shape index (κ3) is 3.32. The molecule has 0 heterocycles. The Labute approximate surface area is 99.6 Å². The molecule has 0 N–H and O–H groups in total. The maximum atomic E-state index is 12.5. The second kappa shape index (κ2) is 5.21. The summed E-state index contributed by atoms with van der Waals surface area (Å²) in [6.45, 7) is -0.828. The van der Waals surface area contributed by atoms with Gasteiger partial charge in [0.15, 0.2) is 0 Å². The standard InChI is InChI=1S/C11H8F5NO/c12-10(13,11(14,15)16)5-6-18-9-4-2-1-3-8(9)7-17/h1-4H,5-6H2. The number of hydrogen-bond acceptors (Lipinski definition) is 2. The fourth-order valence-corrected chi connectivity index (χ4v) is 1.12. The van der Waals surface area contributed by atoms with Gasteiger partial charge in [-0.05, 0) is 12.1 Å². The van der Waals surface area contributed by atoms with Crippen LogP contribution in [0.4, 0.5) is 22.0 Å². The highest BCUT2D eigenvalue weighted by molar-refractivity contribution is 5.42. The zero-order chi connectivity index (χ0) is 13.8.